The van der Waals surface area contributed by atoms with E-state index >= 15 is 0 Å². The van der Waals surface area contributed by atoms with E-state index in [0.717, 1.165) is 17.7 Å². The summed E-state index contributed by atoms with van der Waals surface area (Å²) in [5.74, 6) is -4.18. The van der Waals surface area contributed by atoms with E-state index in [2.05, 4.69) is 26.1 Å². The molecule has 0 saturated carbocycles. The van der Waals surface area contributed by atoms with Crippen LogP contribution in [0.2, 0.25) is 0 Å². The molecular formula is C22H17BrF3N5O. The fourth-order valence-electron chi connectivity index (χ4n) is 4.41. The summed E-state index contributed by atoms with van der Waals surface area (Å²) in [4.78, 5) is 15.2. The summed E-state index contributed by atoms with van der Waals surface area (Å²) in [7, 11) is 1.66. The van der Waals surface area contributed by atoms with Gasteiger partial charge in [0.05, 0.1) is 39.2 Å². The predicted molar refractivity (Wildman–Crippen MR) is 115 cm³/mol. The smallest absolute Gasteiger partial charge is 0.256 e. The van der Waals surface area contributed by atoms with Crippen molar-refractivity contribution in [2.45, 2.75) is 19.4 Å². The van der Waals surface area contributed by atoms with Crippen molar-refractivity contribution in [3.63, 3.8) is 0 Å². The number of amides is 1. The maximum atomic E-state index is 13.9. The molecule has 0 radical (unpaired) electrons. The predicted octanol–water partition coefficient (Wildman–Crippen LogP) is 4.67. The molecule has 1 aromatic carbocycles. The van der Waals surface area contributed by atoms with Crippen molar-refractivity contribution in [3.05, 3.63) is 75.4 Å². The molecule has 0 unspecified atom stereocenters. The molecule has 5 rings (SSSR count). The third-order valence-corrected chi connectivity index (χ3v) is 6.47. The van der Waals surface area contributed by atoms with Crippen LogP contribution in [-0.2, 0) is 13.5 Å². The Hall–Kier alpha value is -3.14. The average Bonchev–Trinajstić information content (AvgIpc) is 3.31. The molecule has 0 spiro atoms. The van der Waals surface area contributed by atoms with Gasteiger partial charge in [-0.2, -0.15) is 10.2 Å². The monoisotopic (exact) mass is 503 g/mol. The summed E-state index contributed by atoms with van der Waals surface area (Å²) in [5.41, 5.74) is 3.33. The topological polar surface area (TPSA) is 55.4 Å². The Morgan fingerprint density at radius 3 is 2.66 bits per heavy atom. The first kappa shape index (κ1) is 20.7. The third-order valence-electron chi connectivity index (χ3n) is 5.89. The second-order valence-electron chi connectivity index (χ2n) is 7.72. The number of aromatic nitrogens is 4. The van der Waals surface area contributed by atoms with Crippen molar-refractivity contribution in [1.29, 1.82) is 0 Å². The molecule has 164 valence electrons. The van der Waals surface area contributed by atoms with Crippen LogP contribution in [0.15, 0.2) is 41.1 Å². The lowest BCUT2D eigenvalue weighted by Gasteiger charge is -2.33. The highest BCUT2D eigenvalue weighted by molar-refractivity contribution is 9.10. The lowest BCUT2D eigenvalue weighted by atomic mass is 9.95. The number of hydrogen-bond donors (Lipinski definition) is 0. The lowest BCUT2D eigenvalue weighted by molar-refractivity contribution is 0.0675. The van der Waals surface area contributed by atoms with Gasteiger partial charge in [0.1, 0.15) is 0 Å². The maximum Gasteiger partial charge on any atom is 0.256 e. The van der Waals surface area contributed by atoms with Crippen molar-refractivity contribution >= 4 is 27.4 Å². The van der Waals surface area contributed by atoms with Crippen LogP contribution < -0.4 is 0 Å². The number of halogens is 4. The van der Waals surface area contributed by atoms with Gasteiger partial charge in [0, 0.05) is 30.9 Å². The molecule has 1 aliphatic heterocycles. The van der Waals surface area contributed by atoms with Gasteiger partial charge in [-0.05, 0) is 53.5 Å². The fraction of sp³-hybridized carbons (Fsp3) is 0.227. The number of benzene rings is 1. The van der Waals surface area contributed by atoms with Gasteiger partial charge in [0.25, 0.3) is 5.91 Å². The minimum Gasteiger partial charge on any atom is -0.330 e. The first-order chi connectivity index (χ1) is 15.3. The number of rotatable bonds is 2. The molecule has 1 aliphatic rings. The van der Waals surface area contributed by atoms with E-state index in [4.69, 9.17) is 0 Å². The summed E-state index contributed by atoms with van der Waals surface area (Å²) < 4.78 is 45.0. The SMILES string of the molecule is C[C@H]1c2nn(C)c(-c3cc(F)c(F)c(F)c3)c2CCN1C(=O)c1cccn2ncc(Br)c12. The molecule has 4 aromatic rings. The van der Waals surface area contributed by atoms with Gasteiger partial charge < -0.3 is 4.90 Å². The van der Waals surface area contributed by atoms with Crippen LogP contribution in [0.1, 0.15) is 34.6 Å². The first-order valence-electron chi connectivity index (χ1n) is 9.91. The van der Waals surface area contributed by atoms with E-state index < -0.39 is 17.5 Å². The third kappa shape index (κ3) is 3.04. The van der Waals surface area contributed by atoms with Crippen LogP contribution in [0, 0.1) is 17.5 Å². The molecule has 10 heteroatoms. The van der Waals surface area contributed by atoms with Crippen LogP contribution >= 0.6 is 15.9 Å². The normalized spacial score (nSPS) is 15.9. The molecule has 0 N–H and O–H groups in total. The average molecular weight is 504 g/mol. The summed E-state index contributed by atoms with van der Waals surface area (Å²) in [6, 6.07) is 5.07. The van der Waals surface area contributed by atoms with Gasteiger partial charge in [-0.1, -0.05) is 0 Å². The largest absolute Gasteiger partial charge is 0.330 e. The number of carbonyl (C=O) groups is 1. The van der Waals surface area contributed by atoms with Crippen LogP contribution in [0.4, 0.5) is 13.2 Å². The van der Waals surface area contributed by atoms with E-state index in [-0.39, 0.29) is 17.5 Å². The van der Waals surface area contributed by atoms with E-state index in [1.165, 1.54) is 4.68 Å². The Morgan fingerprint density at radius 2 is 1.94 bits per heavy atom. The zero-order chi connectivity index (χ0) is 22.7. The van der Waals surface area contributed by atoms with Crippen molar-refractivity contribution in [2.75, 3.05) is 6.54 Å². The van der Waals surface area contributed by atoms with E-state index in [1.54, 1.807) is 41.0 Å². The molecule has 0 bridgehead atoms. The minimum absolute atomic E-state index is 0.166. The molecule has 6 nitrogen and oxygen atoms in total. The van der Waals surface area contributed by atoms with Crippen molar-refractivity contribution in [1.82, 2.24) is 24.3 Å². The Kier molecular flexibility index (Phi) is 4.85. The maximum absolute atomic E-state index is 13.9. The van der Waals surface area contributed by atoms with Crippen molar-refractivity contribution < 1.29 is 18.0 Å². The molecule has 3 aromatic heterocycles. The molecule has 1 amide bonds. The van der Waals surface area contributed by atoms with E-state index in [9.17, 15) is 18.0 Å². The summed E-state index contributed by atoms with van der Waals surface area (Å²) >= 11 is 3.45. The highest BCUT2D eigenvalue weighted by Crippen LogP contribution is 2.37. The van der Waals surface area contributed by atoms with Crippen LogP contribution in [0.5, 0.6) is 0 Å². The molecule has 32 heavy (non-hydrogen) atoms. The number of hydrogen-bond acceptors (Lipinski definition) is 3. The van der Waals surface area contributed by atoms with Crippen molar-refractivity contribution in [3.8, 4) is 11.3 Å². The number of nitrogens with zero attached hydrogens (tertiary/aromatic N) is 5. The molecule has 4 heterocycles. The molecule has 0 saturated heterocycles. The van der Waals surface area contributed by atoms with Gasteiger partial charge >= 0.3 is 0 Å². The zero-order valence-corrected chi connectivity index (χ0v) is 18.7. The Labute approximate surface area is 189 Å². The van der Waals surface area contributed by atoms with Gasteiger partial charge in [-0.3, -0.25) is 9.48 Å². The number of aryl methyl sites for hydroxylation is 1. The Bertz CT molecular complexity index is 1370. The second kappa shape index (κ2) is 7.47. The number of fused-ring (bicyclic) bond motifs is 2. The minimum atomic E-state index is -1.50. The molecule has 0 aliphatic carbocycles. The van der Waals surface area contributed by atoms with Crippen LogP contribution in [0.3, 0.4) is 0 Å². The van der Waals surface area contributed by atoms with Gasteiger partial charge in [0.15, 0.2) is 17.5 Å². The highest BCUT2D eigenvalue weighted by atomic mass is 79.9. The van der Waals surface area contributed by atoms with Gasteiger partial charge in [0.2, 0.25) is 0 Å². The molecular weight excluding hydrogens is 487 g/mol. The van der Waals surface area contributed by atoms with Crippen LogP contribution in [-0.4, -0.2) is 36.7 Å². The fourth-order valence-corrected chi connectivity index (χ4v) is 4.90. The molecule has 1 atom stereocenters. The van der Waals surface area contributed by atoms with Gasteiger partial charge in [-0.25, -0.2) is 17.7 Å². The first-order valence-corrected chi connectivity index (χ1v) is 10.7. The summed E-state index contributed by atoms with van der Waals surface area (Å²) in [5, 5.41) is 8.77. The lowest BCUT2D eigenvalue weighted by Crippen LogP contribution is -2.39. The number of carbonyl (C=O) groups excluding carboxylic acids is 1. The van der Waals surface area contributed by atoms with Gasteiger partial charge in [-0.15, -0.1) is 0 Å². The van der Waals surface area contributed by atoms with E-state index in [0.29, 0.717) is 39.9 Å². The Morgan fingerprint density at radius 1 is 1.22 bits per heavy atom. The second-order valence-corrected chi connectivity index (χ2v) is 8.58. The standard InChI is InChI=1S/C22H17BrF3N5O/c1-11-19-13(20(29(2)28-19)12-8-16(24)18(26)17(25)9-12)5-7-30(11)22(32)14-4-3-6-31-21(14)15(23)10-27-31/h3-4,6,8-11H,5,7H2,1-2H3/t11-/m0/s1. The van der Waals surface area contributed by atoms with Crippen LogP contribution in [0.25, 0.3) is 16.8 Å². The number of pyridine rings is 1. The quantitative estimate of drug-likeness (QED) is 0.373. The molecule has 0 fully saturated rings. The zero-order valence-electron chi connectivity index (χ0n) is 17.1. The highest BCUT2D eigenvalue weighted by Gasteiger charge is 2.34. The Balaban J connectivity index is 1.55. The van der Waals surface area contributed by atoms with Crippen molar-refractivity contribution in [2.24, 2.45) is 7.05 Å². The van der Waals surface area contributed by atoms with E-state index in [1.807, 2.05) is 6.92 Å². The summed E-state index contributed by atoms with van der Waals surface area (Å²) in [6.45, 7) is 2.26. The summed E-state index contributed by atoms with van der Waals surface area (Å²) in [6.07, 6.45) is 3.84.